The molecule has 0 saturated carbocycles. The van der Waals surface area contributed by atoms with Gasteiger partial charge in [-0.15, -0.1) is 0 Å². The van der Waals surface area contributed by atoms with Gasteiger partial charge in [0.25, 0.3) is 5.91 Å². The number of ether oxygens (including phenoxy) is 2. The van der Waals surface area contributed by atoms with Crippen molar-refractivity contribution in [2.24, 2.45) is 5.92 Å². The molecule has 0 aromatic heterocycles. The number of carbonyl (C=O) groups is 3. The maximum Gasteiger partial charge on any atom is 0.407 e. The first kappa shape index (κ1) is 39.5. The van der Waals surface area contributed by atoms with E-state index in [0.29, 0.717) is 77.1 Å². The summed E-state index contributed by atoms with van der Waals surface area (Å²) in [5.74, 6) is -0.143. The fraction of sp³-hybridized carbons (Fsp3) is 0.488. The van der Waals surface area contributed by atoms with Crippen LogP contribution in [-0.4, -0.2) is 60.0 Å². The number of alkyl carbamates (subject to hydrolysis) is 1. The molecule has 1 heterocycles. The molecular formula is C41H56N4O6. The number of aryl methyl sites for hydroxylation is 1. The number of carbonyl (C=O) groups excluding carboxylic acids is 3. The zero-order valence-electron chi connectivity index (χ0n) is 30.3. The monoisotopic (exact) mass is 700 g/mol. The van der Waals surface area contributed by atoms with Crippen molar-refractivity contribution in [1.82, 2.24) is 20.8 Å². The van der Waals surface area contributed by atoms with Crippen molar-refractivity contribution in [3.8, 4) is 0 Å². The Labute approximate surface area is 303 Å². The van der Waals surface area contributed by atoms with E-state index in [2.05, 4.69) is 36.8 Å². The van der Waals surface area contributed by atoms with Gasteiger partial charge in [0.05, 0.1) is 0 Å². The molecule has 1 aliphatic heterocycles. The third-order valence-corrected chi connectivity index (χ3v) is 8.84. The zero-order valence-corrected chi connectivity index (χ0v) is 30.3. The van der Waals surface area contributed by atoms with Crippen LogP contribution in [0.25, 0.3) is 0 Å². The van der Waals surface area contributed by atoms with Crippen molar-refractivity contribution in [2.45, 2.75) is 104 Å². The topological polar surface area (TPSA) is 109 Å². The van der Waals surface area contributed by atoms with Crippen LogP contribution < -0.4 is 10.8 Å². The number of hydrogen-bond acceptors (Lipinski definition) is 7. The zero-order chi connectivity index (χ0) is 36.1. The van der Waals surface area contributed by atoms with Crippen LogP contribution in [0.1, 0.15) is 88.3 Å². The van der Waals surface area contributed by atoms with Crippen molar-refractivity contribution in [1.29, 1.82) is 0 Å². The molecule has 0 spiro atoms. The number of nitrogens with zero attached hydrogens (tertiary/aromatic N) is 2. The fourth-order valence-corrected chi connectivity index (χ4v) is 6.00. The van der Waals surface area contributed by atoms with Gasteiger partial charge in [0.15, 0.2) is 6.29 Å². The van der Waals surface area contributed by atoms with Gasteiger partial charge < -0.3 is 14.8 Å². The molecule has 51 heavy (non-hydrogen) atoms. The minimum absolute atomic E-state index is 0.101. The Hall–Kier alpha value is -4.25. The molecule has 0 bridgehead atoms. The quantitative estimate of drug-likeness (QED) is 0.0884. The maximum absolute atomic E-state index is 14.3. The summed E-state index contributed by atoms with van der Waals surface area (Å²) >= 11 is 0. The SMILES string of the molecule is CC(C)CCC(=O)N([C@@H](CCCc1ccccc1)C(=O)NO[C@@H]1CCCCO1)N(CCCCNC(=O)OCc1ccccc1)Cc1ccccc1. The molecule has 10 heteroatoms. The molecular weight excluding hydrogens is 644 g/mol. The molecule has 0 unspecified atom stereocenters. The van der Waals surface area contributed by atoms with Crippen LogP contribution in [0.3, 0.4) is 0 Å². The first-order valence-corrected chi connectivity index (χ1v) is 18.6. The van der Waals surface area contributed by atoms with Gasteiger partial charge in [0, 0.05) is 39.1 Å². The molecule has 4 rings (SSSR count). The Morgan fingerprint density at radius 1 is 0.824 bits per heavy atom. The number of hydrogen-bond donors (Lipinski definition) is 2. The highest BCUT2D eigenvalue weighted by molar-refractivity contribution is 5.86. The lowest BCUT2D eigenvalue weighted by molar-refractivity contribution is -0.206. The van der Waals surface area contributed by atoms with E-state index in [1.165, 1.54) is 5.56 Å². The van der Waals surface area contributed by atoms with E-state index >= 15 is 0 Å². The standard InChI is InChI=1S/C41H56N4O6/c1-33(2)26-27-38(46)45(37(24-16-23-34-17-6-3-7-18-34)40(47)43-51-39-25-12-15-30-49-39)44(31-35-19-8-4-9-20-35)29-14-13-28-42-41(48)50-32-36-21-10-5-11-22-36/h3-11,17-22,33,37,39H,12-16,23-32H2,1-2H3,(H,42,48)(H,43,47)/t37-,39+/m0/s1. The number of amides is 3. The van der Waals surface area contributed by atoms with Crippen molar-refractivity contribution in [2.75, 3.05) is 19.7 Å². The number of benzene rings is 3. The first-order chi connectivity index (χ1) is 24.9. The van der Waals surface area contributed by atoms with Crippen LogP contribution in [0, 0.1) is 5.92 Å². The predicted octanol–water partition coefficient (Wildman–Crippen LogP) is 7.34. The number of hydrazine groups is 1. The summed E-state index contributed by atoms with van der Waals surface area (Å²) in [7, 11) is 0. The van der Waals surface area contributed by atoms with Crippen molar-refractivity contribution in [3.05, 3.63) is 108 Å². The summed E-state index contributed by atoms with van der Waals surface area (Å²) in [4.78, 5) is 46.5. The fourth-order valence-electron chi connectivity index (χ4n) is 6.00. The van der Waals surface area contributed by atoms with E-state index in [4.69, 9.17) is 14.3 Å². The Morgan fingerprint density at radius 2 is 1.49 bits per heavy atom. The highest BCUT2D eigenvalue weighted by Gasteiger charge is 2.35. The molecule has 0 aliphatic carbocycles. The number of hydroxylamine groups is 1. The molecule has 1 saturated heterocycles. The van der Waals surface area contributed by atoms with Crippen molar-refractivity contribution >= 4 is 17.9 Å². The summed E-state index contributed by atoms with van der Waals surface area (Å²) in [6, 6.07) is 28.9. The Balaban J connectivity index is 1.50. The average molecular weight is 701 g/mol. The lowest BCUT2D eigenvalue weighted by Crippen LogP contribution is -2.57. The number of nitrogens with one attached hydrogen (secondary N) is 2. The summed E-state index contributed by atoms with van der Waals surface area (Å²) in [6.07, 6.45) is 5.91. The Kier molecular flexibility index (Phi) is 17.5. The summed E-state index contributed by atoms with van der Waals surface area (Å²) in [5.41, 5.74) is 5.81. The molecule has 3 aromatic rings. The van der Waals surface area contributed by atoms with E-state index in [-0.39, 0.29) is 18.4 Å². The molecule has 1 fully saturated rings. The van der Waals surface area contributed by atoms with Gasteiger partial charge >= 0.3 is 6.09 Å². The van der Waals surface area contributed by atoms with Crippen LogP contribution >= 0.6 is 0 Å². The average Bonchev–Trinajstić information content (AvgIpc) is 3.16. The van der Waals surface area contributed by atoms with Gasteiger partial charge in [-0.25, -0.2) is 20.1 Å². The smallest absolute Gasteiger partial charge is 0.407 e. The largest absolute Gasteiger partial charge is 0.445 e. The minimum Gasteiger partial charge on any atom is -0.445 e. The molecule has 2 N–H and O–H groups in total. The van der Waals surface area contributed by atoms with Crippen LogP contribution in [0.2, 0.25) is 0 Å². The molecule has 3 aromatic carbocycles. The van der Waals surface area contributed by atoms with E-state index in [1.54, 1.807) is 5.01 Å². The predicted molar refractivity (Wildman–Crippen MR) is 198 cm³/mol. The second-order valence-corrected chi connectivity index (χ2v) is 13.5. The van der Waals surface area contributed by atoms with Crippen LogP contribution in [0.5, 0.6) is 0 Å². The van der Waals surface area contributed by atoms with Gasteiger partial charge in [-0.3, -0.25) is 14.6 Å². The lowest BCUT2D eigenvalue weighted by atomic mass is 10.0. The third-order valence-electron chi connectivity index (χ3n) is 8.84. The Bertz CT molecular complexity index is 1420. The van der Waals surface area contributed by atoms with Crippen molar-refractivity contribution in [3.63, 3.8) is 0 Å². The third kappa shape index (κ3) is 14.9. The second kappa shape index (κ2) is 22.5. The summed E-state index contributed by atoms with van der Waals surface area (Å²) < 4.78 is 11.1. The molecule has 1 aliphatic rings. The Morgan fingerprint density at radius 3 is 2.14 bits per heavy atom. The highest BCUT2D eigenvalue weighted by Crippen LogP contribution is 2.21. The number of rotatable bonds is 21. The minimum atomic E-state index is -0.799. The van der Waals surface area contributed by atoms with Gasteiger partial charge in [-0.2, -0.15) is 0 Å². The van der Waals surface area contributed by atoms with E-state index in [9.17, 15) is 14.4 Å². The van der Waals surface area contributed by atoms with Gasteiger partial charge in [0.2, 0.25) is 5.91 Å². The number of unbranched alkanes of at least 4 members (excludes halogenated alkanes) is 1. The van der Waals surface area contributed by atoms with E-state index < -0.39 is 18.4 Å². The lowest BCUT2D eigenvalue weighted by Gasteiger charge is -2.40. The summed E-state index contributed by atoms with van der Waals surface area (Å²) in [5, 5.41) is 6.55. The first-order valence-electron chi connectivity index (χ1n) is 18.6. The molecule has 2 atom stereocenters. The molecule has 3 amide bonds. The highest BCUT2D eigenvalue weighted by atomic mass is 16.8. The van der Waals surface area contributed by atoms with E-state index in [1.807, 2.05) is 83.9 Å². The molecule has 10 nitrogen and oxygen atoms in total. The molecule has 0 radical (unpaired) electrons. The van der Waals surface area contributed by atoms with Crippen LogP contribution in [0.4, 0.5) is 4.79 Å². The van der Waals surface area contributed by atoms with Gasteiger partial charge in [-0.05, 0) is 74.0 Å². The van der Waals surface area contributed by atoms with Crippen LogP contribution in [-0.2, 0) is 43.5 Å². The second-order valence-electron chi connectivity index (χ2n) is 13.5. The molecule has 276 valence electrons. The van der Waals surface area contributed by atoms with Crippen LogP contribution in [0.15, 0.2) is 91.0 Å². The van der Waals surface area contributed by atoms with Gasteiger partial charge in [0.1, 0.15) is 12.6 Å². The van der Waals surface area contributed by atoms with Gasteiger partial charge in [-0.1, -0.05) is 105 Å². The maximum atomic E-state index is 14.3. The summed E-state index contributed by atoms with van der Waals surface area (Å²) in [6.45, 7) is 6.34. The van der Waals surface area contributed by atoms with E-state index in [0.717, 1.165) is 30.4 Å². The van der Waals surface area contributed by atoms with Crippen molar-refractivity contribution < 1.29 is 28.7 Å². The normalized spacial score (nSPS) is 14.9.